The molecule has 0 aromatic heterocycles. The third-order valence-electron chi connectivity index (χ3n) is 3.74. The number of thioether (sulfide) groups is 1. The number of hydrogen-bond acceptors (Lipinski definition) is 2. The summed E-state index contributed by atoms with van der Waals surface area (Å²) >= 11 is 1.73. The first-order valence-electron chi connectivity index (χ1n) is 6.78. The maximum atomic E-state index is 12.2. The van der Waals surface area contributed by atoms with E-state index in [1.54, 1.807) is 18.7 Å². The predicted octanol–water partition coefficient (Wildman–Crippen LogP) is 4.63. The fourth-order valence-corrected chi connectivity index (χ4v) is 3.23. The molecule has 0 aliphatic rings. The fraction of sp³-hybridized carbons (Fsp3) is 0.278. The van der Waals surface area contributed by atoms with E-state index in [1.165, 1.54) is 10.5 Å². The third kappa shape index (κ3) is 3.31. The third-order valence-corrected chi connectivity index (χ3v) is 5.06. The van der Waals surface area contributed by atoms with Crippen LogP contribution < -0.4 is 0 Å². The molecule has 2 aromatic carbocycles. The van der Waals surface area contributed by atoms with Crippen molar-refractivity contribution in [2.45, 2.75) is 31.1 Å². The molecule has 2 aromatic rings. The Balaban J connectivity index is 2.21. The van der Waals surface area contributed by atoms with Crippen LogP contribution in [0.5, 0.6) is 0 Å². The van der Waals surface area contributed by atoms with Gasteiger partial charge in [-0.15, -0.1) is 11.8 Å². The number of hydrogen-bond donors (Lipinski definition) is 0. The van der Waals surface area contributed by atoms with E-state index in [4.69, 9.17) is 0 Å². The summed E-state index contributed by atoms with van der Waals surface area (Å²) in [6.07, 6.45) is 0. The molecular weight excluding hydrogens is 264 g/mol. The molecule has 0 saturated carbocycles. The highest BCUT2D eigenvalue weighted by atomic mass is 32.2. The Labute approximate surface area is 125 Å². The number of carbonyl (C=O) groups excluding carboxylic acids is 1. The molecule has 0 radical (unpaired) electrons. The van der Waals surface area contributed by atoms with Gasteiger partial charge < -0.3 is 0 Å². The van der Waals surface area contributed by atoms with Gasteiger partial charge in [0.05, 0.1) is 5.41 Å². The van der Waals surface area contributed by atoms with Crippen LogP contribution in [0.2, 0.25) is 0 Å². The van der Waals surface area contributed by atoms with Crippen LogP contribution in [0.1, 0.15) is 25.0 Å². The SMILES string of the molecule is CC(=O)C(C)(CSc1ccccc1)c1ccc(C)cc1. The number of Topliss-reactive ketones (excluding diaryl/α,β-unsaturated/α-hetero) is 1. The summed E-state index contributed by atoms with van der Waals surface area (Å²) in [5.74, 6) is 0.972. The van der Waals surface area contributed by atoms with E-state index in [2.05, 4.69) is 43.3 Å². The predicted molar refractivity (Wildman–Crippen MR) is 86.4 cm³/mol. The zero-order valence-corrected chi connectivity index (χ0v) is 13.0. The van der Waals surface area contributed by atoms with Gasteiger partial charge in [-0.1, -0.05) is 48.0 Å². The monoisotopic (exact) mass is 284 g/mol. The Kier molecular flexibility index (Phi) is 4.66. The summed E-state index contributed by atoms with van der Waals surface area (Å²) in [6.45, 7) is 5.79. The maximum Gasteiger partial charge on any atom is 0.140 e. The van der Waals surface area contributed by atoms with Gasteiger partial charge in [0, 0.05) is 10.6 Å². The molecule has 1 atom stereocenters. The molecule has 20 heavy (non-hydrogen) atoms. The van der Waals surface area contributed by atoms with Crippen molar-refractivity contribution in [3.05, 3.63) is 65.7 Å². The first-order valence-corrected chi connectivity index (χ1v) is 7.77. The highest BCUT2D eigenvalue weighted by molar-refractivity contribution is 7.99. The van der Waals surface area contributed by atoms with Gasteiger partial charge in [-0.2, -0.15) is 0 Å². The van der Waals surface area contributed by atoms with Crippen LogP contribution in [0, 0.1) is 6.92 Å². The average molecular weight is 284 g/mol. The molecule has 0 aliphatic heterocycles. The minimum atomic E-state index is -0.436. The summed E-state index contributed by atoms with van der Waals surface area (Å²) in [5.41, 5.74) is 1.88. The first-order chi connectivity index (χ1) is 9.52. The van der Waals surface area contributed by atoms with Gasteiger partial charge in [-0.3, -0.25) is 4.79 Å². The second-order valence-corrected chi connectivity index (χ2v) is 6.40. The Bertz CT molecular complexity index is 574. The van der Waals surface area contributed by atoms with Gasteiger partial charge in [0.1, 0.15) is 5.78 Å². The summed E-state index contributed by atoms with van der Waals surface area (Å²) in [6, 6.07) is 18.5. The maximum absolute atomic E-state index is 12.2. The van der Waals surface area contributed by atoms with Crippen molar-refractivity contribution in [3.63, 3.8) is 0 Å². The van der Waals surface area contributed by atoms with E-state index in [1.807, 2.05) is 25.1 Å². The van der Waals surface area contributed by atoms with Gasteiger partial charge in [0.25, 0.3) is 0 Å². The summed E-state index contributed by atoms with van der Waals surface area (Å²) in [4.78, 5) is 13.4. The highest BCUT2D eigenvalue weighted by Gasteiger charge is 2.31. The second kappa shape index (κ2) is 6.27. The number of ketones is 1. The van der Waals surface area contributed by atoms with Gasteiger partial charge in [-0.25, -0.2) is 0 Å². The summed E-state index contributed by atoms with van der Waals surface area (Å²) in [7, 11) is 0. The van der Waals surface area contributed by atoms with Crippen LogP contribution in [-0.2, 0) is 10.2 Å². The van der Waals surface area contributed by atoms with Crippen molar-refractivity contribution < 1.29 is 4.79 Å². The van der Waals surface area contributed by atoms with Gasteiger partial charge in [0.15, 0.2) is 0 Å². The molecular formula is C18H20OS. The average Bonchev–Trinajstić information content (AvgIpc) is 2.46. The van der Waals surface area contributed by atoms with Crippen LogP contribution in [0.3, 0.4) is 0 Å². The smallest absolute Gasteiger partial charge is 0.140 e. The molecule has 0 spiro atoms. The molecule has 0 fully saturated rings. The summed E-state index contributed by atoms with van der Waals surface area (Å²) in [5, 5.41) is 0. The molecule has 1 nitrogen and oxygen atoms in total. The molecule has 0 saturated heterocycles. The van der Waals surface area contributed by atoms with E-state index in [0.29, 0.717) is 0 Å². The molecule has 1 unspecified atom stereocenters. The van der Waals surface area contributed by atoms with Crippen LogP contribution in [0.4, 0.5) is 0 Å². The Morgan fingerprint density at radius 3 is 2.20 bits per heavy atom. The van der Waals surface area contributed by atoms with Gasteiger partial charge in [0.2, 0.25) is 0 Å². The number of benzene rings is 2. The normalized spacial score (nSPS) is 13.8. The quantitative estimate of drug-likeness (QED) is 0.744. The molecule has 104 valence electrons. The van der Waals surface area contributed by atoms with Crippen molar-refractivity contribution in [1.29, 1.82) is 0 Å². The van der Waals surface area contributed by atoms with Gasteiger partial charge >= 0.3 is 0 Å². The lowest BCUT2D eigenvalue weighted by Gasteiger charge is -2.27. The van der Waals surface area contributed by atoms with Crippen LogP contribution >= 0.6 is 11.8 Å². The zero-order chi connectivity index (χ0) is 14.6. The van der Waals surface area contributed by atoms with Crippen LogP contribution in [0.25, 0.3) is 0 Å². The van der Waals surface area contributed by atoms with E-state index in [9.17, 15) is 4.79 Å². The Hall–Kier alpha value is -1.54. The first kappa shape index (κ1) is 14.9. The lowest BCUT2D eigenvalue weighted by molar-refractivity contribution is -0.121. The standard InChI is InChI=1S/C18H20OS/c1-14-9-11-16(12-10-14)18(3,15(2)19)13-20-17-7-5-4-6-8-17/h4-12H,13H2,1-3H3. The highest BCUT2D eigenvalue weighted by Crippen LogP contribution is 2.32. The Morgan fingerprint density at radius 2 is 1.65 bits per heavy atom. The van der Waals surface area contributed by atoms with E-state index < -0.39 is 5.41 Å². The van der Waals surface area contributed by atoms with Crippen molar-refractivity contribution in [1.82, 2.24) is 0 Å². The van der Waals surface area contributed by atoms with E-state index >= 15 is 0 Å². The number of rotatable bonds is 5. The molecule has 2 heteroatoms. The van der Waals surface area contributed by atoms with Crippen molar-refractivity contribution in [3.8, 4) is 0 Å². The van der Waals surface area contributed by atoms with Crippen LogP contribution in [0.15, 0.2) is 59.5 Å². The van der Waals surface area contributed by atoms with Crippen molar-refractivity contribution >= 4 is 17.5 Å². The van der Waals surface area contributed by atoms with Crippen molar-refractivity contribution in [2.24, 2.45) is 0 Å². The molecule has 0 bridgehead atoms. The molecule has 0 aliphatic carbocycles. The van der Waals surface area contributed by atoms with Gasteiger partial charge in [-0.05, 0) is 38.5 Å². The Morgan fingerprint density at radius 1 is 1.05 bits per heavy atom. The van der Waals surface area contributed by atoms with E-state index in [-0.39, 0.29) is 5.78 Å². The number of aryl methyl sites for hydroxylation is 1. The molecule has 2 rings (SSSR count). The minimum Gasteiger partial charge on any atom is -0.299 e. The van der Waals surface area contributed by atoms with E-state index in [0.717, 1.165) is 11.3 Å². The second-order valence-electron chi connectivity index (χ2n) is 5.36. The molecule has 0 N–H and O–H groups in total. The minimum absolute atomic E-state index is 0.213. The fourth-order valence-electron chi connectivity index (χ4n) is 2.05. The lowest BCUT2D eigenvalue weighted by atomic mass is 9.81. The topological polar surface area (TPSA) is 17.1 Å². The van der Waals surface area contributed by atoms with Crippen LogP contribution in [-0.4, -0.2) is 11.5 Å². The molecule has 0 amide bonds. The van der Waals surface area contributed by atoms with Crippen molar-refractivity contribution in [2.75, 3.05) is 5.75 Å². The summed E-state index contributed by atoms with van der Waals surface area (Å²) < 4.78 is 0. The molecule has 0 heterocycles. The lowest BCUT2D eigenvalue weighted by Crippen LogP contribution is -2.33. The largest absolute Gasteiger partial charge is 0.299 e. The number of carbonyl (C=O) groups is 1. The zero-order valence-electron chi connectivity index (χ0n) is 12.2.